The Kier molecular flexibility index (Phi) is 9.44. The Morgan fingerprint density at radius 2 is 1.89 bits per heavy atom. The molecule has 2 aliphatic heterocycles. The van der Waals surface area contributed by atoms with E-state index < -0.39 is 10.2 Å². The number of benzene rings is 1. The van der Waals surface area contributed by atoms with Crippen LogP contribution in [-0.2, 0) is 27.8 Å². The van der Waals surface area contributed by atoms with Gasteiger partial charge in [-0.1, -0.05) is 13.0 Å². The minimum atomic E-state index is -3.47. The number of anilines is 1. The molecule has 9 heteroatoms. The molecule has 0 aromatic heterocycles. The summed E-state index contributed by atoms with van der Waals surface area (Å²) in [6, 6.07) is 6.55. The zero-order chi connectivity index (χ0) is 24.7. The fourth-order valence-electron chi connectivity index (χ4n) is 5.69. The van der Waals surface area contributed by atoms with Crippen LogP contribution in [0.15, 0.2) is 18.2 Å². The predicted molar refractivity (Wildman–Crippen MR) is 141 cm³/mol. The summed E-state index contributed by atoms with van der Waals surface area (Å²) in [5, 5.41) is 3.30. The van der Waals surface area contributed by atoms with Gasteiger partial charge in [-0.05, 0) is 87.7 Å². The van der Waals surface area contributed by atoms with Crippen molar-refractivity contribution in [3.63, 3.8) is 0 Å². The topological polar surface area (TPSA) is 85.0 Å². The van der Waals surface area contributed by atoms with E-state index in [1.807, 2.05) is 11.0 Å². The number of aryl methyl sites for hydroxylation is 1. The molecule has 3 aliphatic rings. The third-order valence-corrected chi connectivity index (χ3v) is 9.18. The smallest absolute Gasteiger partial charge is 0.301 e. The first-order valence-electron chi connectivity index (χ1n) is 13.6. The molecule has 1 aromatic carbocycles. The van der Waals surface area contributed by atoms with E-state index in [2.05, 4.69) is 34.0 Å². The van der Waals surface area contributed by atoms with Gasteiger partial charge in [-0.3, -0.25) is 9.52 Å². The second-order valence-electron chi connectivity index (χ2n) is 10.2. The van der Waals surface area contributed by atoms with Crippen LogP contribution in [0.3, 0.4) is 0 Å². The third kappa shape index (κ3) is 7.18. The first-order chi connectivity index (χ1) is 17.0. The Labute approximate surface area is 211 Å². The number of carbonyl (C=O) groups excluding carboxylic acids is 1. The molecular formula is C26H43N5O3S. The maximum Gasteiger partial charge on any atom is 0.301 e. The third-order valence-electron chi connectivity index (χ3n) is 7.64. The lowest BCUT2D eigenvalue weighted by atomic mass is 9.87. The van der Waals surface area contributed by atoms with E-state index in [0.29, 0.717) is 31.2 Å². The fourth-order valence-corrected chi connectivity index (χ4v) is 6.98. The molecular weight excluding hydrogens is 462 g/mol. The normalized spacial score (nSPS) is 21.8. The number of hydrogen-bond acceptors (Lipinski definition) is 5. The highest BCUT2D eigenvalue weighted by Crippen LogP contribution is 2.28. The fraction of sp³-hybridized carbons (Fsp3) is 0.731. The first kappa shape index (κ1) is 26.4. The van der Waals surface area contributed by atoms with Crippen LogP contribution < -0.4 is 10.0 Å². The Bertz CT molecular complexity index is 948. The average Bonchev–Trinajstić information content (AvgIpc) is 3.32. The predicted octanol–water partition coefficient (Wildman–Crippen LogP) is 2.61. The molecule has 4 rings (SSSR count). The Balaban J connectivity index is 1.32. The molecule has 35 heavy (non-hydrogen) atoms. The number of unbranched alkanes of at least 4 members (excludes halogenated alkanes) is 1. The maximum absolute atomic E-state index is 12.7. The minimum Gasteiger partial charge on any atom is -0.341 e. The molecule has 2 N–H and O–H groups in total. The van der Waals surface area contributed by atoms with Crippen LogP contribution in [0, 0.1) is 0 Å². The molecule has 2 heterocycles. The number of nitrogens with one attached hydrogen (secondary N) is 2. The number of rotatable bonds is 11. The highest BCUT2D eigenvalue weighted by molar-refractivity contribution is 7.90. The highest BCUT2D eigenvalue weighted by atomic mass is 32.2. The van der Waals surface area contributed by atoms with Crippen molar-refractivity contribution in [1.29, 1.82) is 0 Å². The zero-order valence-electron chi connectivity index (χ0n) is 21.3. The molecule has 1 aliphatic carbocycles. The van der Waals surface area contributed by atoms with Gasteiger partial charge >= 0.3 is 10.2 Å². The molecule has 1 atom stereocenters. The monoisotopic (exact) mass is 505 g/mol. The molecule has 0 radical (unpaired) electrons. The second kappa shape index (κ2) is 12.5. The van der Waals surface area contributed by atoms with Gasteiger partial charge in [-0.15, -0.1) is 0 Å². The number of hydrogen-bond donors (Lipinski definition) is 2. The van der Waals surface area contributed by atoms with Crippen molar-refractivity contribution in [3.8, 4) is 0 Å². The van der Waals surface area contributed by atoms with Crippen molar-refractivity contribution in [1.82, 2.24) is 19.4 Å². The van der Waals surface area contributed by atoms with Gasteiger partial charge in [0.1, 0.15) is 0 Å². The van der Waals surface area contributed by atoms with Gasteiger partial charge in [0.05, 0.1) is 5.69 Å². The number of amides is 1. The number of carbonyl (C=O) groups is 1. The van der Waals surface area contributed by atoms with E-state index in [0.717, 1.165) is 90.6 Å². The lowest BCUT2D eigenvalue weighted by molar-refractivity contribution is -0.130. The van der Waals surface area contributed by atoms with Gasteiger partial charge in [0.25, 0.3) is 0 Å². The highest BCUT2D eigenvalue weighted by Gasteiger charge is 2.27. The van der Waals surface area contributed by atoms with E-state index in [-0.39, 0.29) is 5.91 Å². The largest absolute Gasteiger partial charge is 0.341 e. The Morgan fingerprint density at radius 1 is 1.06 bits per heavy atom. The van der Waals surface area contributed by atoms with Crippen molar-refractivity contribution in [2.75, 3.05) is 57.1 Å². The summed E-state index contributed by atoms with van der Waals surface area (Å²) in [5.41, 5.74) is 3.29. The molecule has 0 saturated carbocycles. The molecule has 2 fully saturated rings. The average molecular weight is 506 g/mol. The van der Waals surface area contributed by atoms with Crippen molar-refractivity contribution >= 4 is 21.8 Å². The second-order valence-corrected chi connectivity index (χ2v) is 11.9. The molecule has 8 nitrogen and oxygen atoms in total. The molecule has 196 valence electrons. The summed E-state index contributed by atoms with van der Waals surface area (Å²) in [4.78, 5) is 16.9. The summed E-state index contributed by atoms with van der Waals surface area (Å²) < 4.78 is 29.8. The lowest BCUT2D eigenvalue weighted by Gasteiger charge is -2.35. The minimum absolute atomic E-state index is 0.278. The van der Waals surface area contributed by atoms with E-state index in [1.54, 1.807) is 4.31 Å². The van der Waals surface area contributed by atoms with E-state index >= 15 is 0 Å². The van der Waals surface area contributed by atoms with Crippen molar-refractivity contribution in [2.24, 2.45) is 0 Å². The summed E-state index contributed by atoms with van der Waals surface area (Å²) in [7, 11) is -3.47. The summed E-state index contributed by atoms with van der Waals surface area (Å²) >= 11 is 0. The number of fused-ring (bicyclic) bond motifs is 1. The molecule has 1 aromatic rings. The first-order valence-corrected chi connectivity index (χ1v) is 15.0. The summed E-state index contributed by atoms with van der Waals surface area (Å²) in [6.45, 7) is 8.94. The van der Waals surface area contributed by atoms with E-state index in [9.17, 15) is 13.2 Å². The van der Waals surface area contributed by atoms with Gasteiger partial charge in [-0.2, -0.15) is 12.7 Å². The molecule has 1 unspecified atom stereocenters. The molecule has 1 amide bonds. The molecule has 0 bridgehead atoms. The van der Waals surface area contributed by atoms with Gasteiger partial charge in [0.2, 0.25) is 5.91 Å². The van der Waals surface area contributed by atoms with Gasteiger partial charge < -0.3 is 15.1 Å². The zero-order valence-corrected chi connectivity index (χ0v) is 22.1. The van der Waals surface area contributed by atoms with E-state index in [4.69, 9.17) is 0 Å². The van der Waals surface area contributed by atoms with Crippen molar-refractivity contribution in [2.45, 2.75) is 70.8 Å². The molecule has 0 spiro atoms. The maximum atomic E-state index is 12.7. The SMILES string of the molecule is CCCN(CCCCN1CCNCCC1=O)C1CCc2ccc(NS(=O)(=O)N3CCCC3)cc2C1. The van der Waals surface area contributed by atoms with Crippen LogP contribution in [0.1, 0.15) is 63.0 Å². The van der Waals surface area contributed by atoms with Crippen LogP contribution in [0.25, 0.3) is 0 Å². The van der Waals surface area contributed by atoms with Crippen LogP contribution in [0.2, 0.25) is 0 Å². The standard InChI is InChI=1S/C26H43N5O3S/c1-2-14-29(15-3-4-16-30-19-13-27-12-11-26(30)32)25-10-8-22-7-9-24(20-23(22)21-25)28-35(33,34)31-17-5-6-18-31/h7,9,20,25,27-28H,2-6,8,10-19,21H2,1H3. The van der Waals surface area contributed by atoms with Crippen molar-refractivity contribution < 1.29 is 13.2 Å². The van der Waals surface area contributed by atoms with Crippen LogP contribution >= 0.6 is 0 Å². The van der Waals surface area contributed by atoms with Crippen LogP contribution in [0.4, 0.5) is 5.69 Å². The van der Waals surface area contributed by atoms with Crippen LogP contribution in [-0.4, -0.2) is 86.8 Å². The molecule has 2 saturated heterocycles. The van der Waals surface area contributed by atoms with Gasteiger partial charge in [0.15, 0.2) is 0 Å². The summed E-state index contributed by atoms with van der Waals surface area (Å²) in [5.74, 6) is 0.278. The number of nitrogens with zero attached hydrogens (tertiary/aromatic N) is 3. The van der Waals surface area contributed by atoms with Crippen molar-refractivity contribution in [3.05, 3.63) is 29.3 Å². The Hall–Kier alpha value is -1.68. The Morgan fingerprint density at radius 3 is 2.69 bits per heavy atom. The lowest BCUT2D eigenvalue weighted by Crippen LogP contribution is -2.41. The quantitative estimate of drug-likeness (QED) is 0.452. The summed E-state index contributed by atoms with van der Waals surface area (Å²) in [6.07, 6.45) is 8.88. The van der Waals surface area contributed by atoms with Gasteiger partial charge in [0, 0.05) is 51.7 Å². The van der Waals surface area contributed by atoms with E-state index in [1.165, 1.54) is 11.1 Å². The van der Waals surface area contributed by atoms with Crippen LogP contribution in [0.5, 0.6) is 0 Å². The van der Waals surface area contributed by atoms with Gasteiger partial charge in [-0.25, -0.2) is 0 Å².